The van der Waals surface area contributed by atoms with Crippen LogP contribution in [-0.2, 0) is 4.74 Å². The number of benzene rings is 2. The standard InChI is InChI=1S/C18H17N3O7/c22-16-10-12(2-3-13(16)18(24)25)19-17(23)11-1-4-14(15(9-11)21(26)27)20-5-7-28-8-6-20/h1-4,9-10,22H,5-8H2,(H,19,23)(H,24,25). The van der Waals surface area contributed by atoms with E-state index in [4.69, 9.17) is 9.84 Å². The lowest BCUT2D eigenvalue weighted by molar-refractivity contribution is -0.384. The summed E-state index contributed by atoms with van der Waals surface area (Å²) in [5, 5.41) is 32.6. The molecule has 0 spiro atoms. The zero-order valence-electron chi connectivity index (χ0n) is 14.6. The molecule has 1 amide bonds. The van der Waals surface area contributed by atoms with Crippen molar-refractivity contribution in [3.05, 3.63) is 57.6 Å². The van der Waals surface area contributed by atoms with Crippen LogP contribution in [0.2, 0.25) is 0 Å². The molecule has 0 aromatic heterocycles. The number of nitro benzene ring substituents is 1. The Hall–Kier alpha value is -3.66. The Kier molecular flexibility index (Phi) is 5.41. The second-order valence-corrected chi connectivity index (χ2v) is 6.05. The van der Waals surface area contributed by atoms with Gasteiger partial charge in [0, 0.05) is 36.5 Å². The number of hydrogen-bond acceptors (Lipinski definition) is 7. The Morgan fingerprint density at radius 3 is 2.46 bits per heavy atom. The Balaban J connectivity index is 1.83. The van der Waals surface area contributed by atoms with Gasteiger partial charge in [-0.05, 0) is 24.3 Å². The molecule has 10 nitrogen and oxygen atoms in total. The lowest BCUT2D eigenvalue weighted by Crippen LogP contribution is -2.36. The minimum atomic E-state index is -1.30. The summed E-state index contributed by atoms with van der Waals surface area (Å²) in [5.41, 5.74) is 0.133. The number of morpholine rings is 1. The number of carbonyl (C=O) groups is 2. The van der Waals surface area contributed by atoms with Crippen molar-refractivity contribution in [2.24, 2.45) is 0 Å². The topological polar surface area (TPSA) is 142 Å². The van der Waals surface area contributed by atoms with Gasteiger partial charge in [0.15, 0.2) is 0 Å². The van der Waals surface area contributed by atoms with E-state index in [0.29, 0.717) is 32.0 Å². The monoisotopic (exact) mass is 387 g/mol. The number of aromatic carboxylic acids is 1. The summed E-state index contributed by atoms with van der Waals surface area (Å²) in [6, 6.07) is 7.74. The van der Waals surface area contributed by atoms with Gasteiger partial charge in [0.05, 0.1) is 18.1 Å². The molecule has 1 heterocycles. The number of hydrogen-bond donors (Lipinski definition) is 3. The summed E-state index contributed by atoms with van der Waals surface area (Å²) in [7, 11) is 0. The summed E-state index contributed by atoms with van der Waals surface area (Å²) in [5.74, 6) is -2.43. The Bertz CT molecular complexity index is 939. The van der Waals surface area contributed by atoms with Crippen LogP contribution in [0.15, 0.2) is 36.4 Å². The predicted molar refractivity (Wildman–Crippen MR) is 99.1 cm³/mol. The van der Waals surface area contributed by atoms with E-state index in [1.807, 2.05) is 4.90 Å². The highest BCUT2D eigenvalue weighted by atomic mass is 16.6. The van der Waals surface area contributed by atoms with Gasteiger partial charge in [0.1, 0.15) is 17.0 Å². The van der Waals surface area contributed by atoms with Gasteiger partial charge in [-0.1, -0.05) is 0 Å². The SMILES string of the molecule is O=C(Nc1ccc(C(=O)O)c(O)c1)c1ccc(N2CCOCC2)c([N+](=O)[O-])c1. The van der Waals surface area contributed by atoms with E-state index in [1.54, 1.807) is 0 Å². The van der Waals surface area contributed by atoms with Crippen LogP contribution < -0.4 is 10.2 Å². The number of aromatic hydroxyl groups is 1. The van der Waals surface area contributed by atoms with Crippen molar-refractivity contribution in [3.8, 4) is 5.75 Å². The van der Waals surface area contributed by atoms with Gasteiger partial charge in [0.2, 0.25) is 0 Å². The van der Waals surface area contributed by atoms with Crippen molar-refractivity contribution >= 4 is 28.9 Å². The third-order valence-corrected chi connectivity index (χ3v) is 4.27. The fourth-order valence-corrected chi connectivity index (χ4v) is 2.88. The molecule has 10 heteroatoms. The van der Waals surface area contributed by atoms with E-state index >= 15 is 0 Å². The second kappa shape index (κ2) is 7.92. The van der Waals surface area contributed by atoms with Crippen molar-refractivity contribution in [2.45, 2.75) is 0 Å². The molecule has 0 unspecified atom stereocenters. The summed E-state index contributed by atoms with van der Waals surface area (Å²) in [6.45, 7) is 1.97. The molecular formula is C18H17N3O7. The fraction of sp³-hybridized carbons (Fsp3) is 0.222. The van der Waals surface area contributed by atoms with Crippen LogP contribution in [0.25, 0.3) is 0 Å². The number of phenols is 1. The van der Waals surface area contributed by atoms with E-state index in [2.05, 4.69) is 5.32 Å². The first-order valence-electron chi connectivity index (χ1n) is 8.35. The highest BCUT2D eigenvalue weighted by Crippen LogP contribution is 2.30. The minimum absolute atomic E-state index is 0.0607. The van der Waals surface area contributed by atoms with Gasteiger partial charge in [-0.2, -0.15) is 0 Å². The van der Waals surface area contributed by atoms with Gasteiger partial charge in [0.25, 0.3) is 11.6 Å². The number of ether oxygens (including phenoxy) is 1. The van der Waals surface area contributed by atoms with E-state index in [0.717, 1.165) is 12.1 Å². The maximum Gasteiger partial charge on any atom is 0.339 e. The average Bonchev–Trinajstić information content (AvgIpc) is 2.68. The molecule has 2 aromatic rings. The van der Waals surface area contributed by atoms with E-state index < -0.39 is 22.5 Å². The van der Waals surface area contributed by atoms with Crippen LogP contribution in [0.5, 0.6) is 5.75 Å². The molecule has 0 saturated carbocycles. The number of nitrogens with one attached hydrogen (secondary N) is 1. The Morgan fingerprint density at radius 1 is 1.14 bits per heavy atom. The van der Waals surface area contributed by atoms with E-state index in [-0.39, 0.29) is 22.5 Å². The molecule has 1 aliphatic heterocycles. The van der Waals surface area contributed by atoms with Gasteiger partial charge in [-0.25, -0.2) is 4.79 Å². The van der Waals surface area contributed by atoms with Crippen LogP contribution >= 0.6 is 0 Å². The normalized spacial score (nSPS) is 13.8. The van der Waals surface area contributed by atoms with E-state index in [1.165, 1.54) is 24.3 Å². The second-order valence-electron chi connectivity index (χ2n) is 6.05. The van der Waals surface area contributed by atoms with Crippen LogP contribution in [-0.4, -0.2) is 53.3 Å². The van der Waals surface area contributed by atoms with Crippen LogP contribution in [0, 0.1) is 10.1 Å². The molecule has 146 valence electrons. The Labute approximate surface area is 159 Å². The predicted octanol–water partition coefficient (Wildman–Crippen LogP) is 2.09. The van der Waals surface area contributed by atoms with Gasteiger partial charge < -0.3 is 25.2 Å². The number of rotatable bonds is 5. The smallest absolute Gasteiger partial charge is 0.339 e. The molecule has 1 fully saturated rings. The van der Waals surface area contributed by atoms with Gasteiger partial charge in [-0.15, -0.1) is 0 Å². The minimum Gasteiger partial charge on any atom is -0.507 e. The van der Waals surface area contributed by atoms with Crippen molar-refractivity contribution in [1.82, 2.24) is 0 Å². The molecule has 1 saturated heterocycles. The third kappa shape index (κ3) is 4.01. The number of carbonyl (C=O) groups excluding carboxylic acids is 1. The summed E-state index contributed by atoms with van der Waals surface area (Å²) < 4.78 is 5.25. The first-order valence-corrected chi connectivity index (χ1v) is 8.35. The first-order chi connectivity index (χ1) is 13.4. The molecule has 0 aliphatic carbocycles. The highest BCUT2D eigenvalue weighted by Gasteiger charge is 2.23. The van der Waals surface area contributed by atoms with Gasteiger partial charge in [-0.3, -0.25) is 14.9 Å². The quantitative estimate of drug-likeness (QED) is 0.523. The maximum atomic E-state index is 12.4. The fourth-order valence-electron chi connectivity index (χ4n) is 2.88. The maximum absolute atomic E-state index is 12.4. The lowest BCUT2D eigenvalue weighted by atomic mass is 10.1. The molecule has 1 aliphatic rings. The molecule has 28 heavy (non-hydrogen) atoms. The number of amides is 1. The van der Waals surface area contributed by atoms with Crippen molar-refractivity contribution < 1.29 is 29.5 Å². The van der Waals surface area contributed by atoms with Crippen molar-refractivity contribution in [2.75, 3.05) is 36.5 Å². The Morgan fingerprint density at radius 2 is 1.86 bits per heavy atom. The van der Waals surface area contributed by atoms with Crippen molar-refractivity contribution in [1.29, 1.82) is 0 Å². The van der Waals surface area contributed by atoms with Crippen LogP contribution in [0.3, 0.4) is 0 Å². The summed E-state index contributed by atoms with van der Waals surface area (Å²) in [4.78, 5) is 36.1. The average molecular weight is 387 g/mol. The molecule has 3 N–H and O–H groups in total. The molecule has 3 rings (SSSR count). The number of anilines is 2. The van der Waals surface area contributed by atoms with Gasteiger partial charge >= 0.3 is 5.97 Å². The third-order valence-electron chi connectivity index (χ3n) is 4.27. The number of nitro groups is 1. The van der Waals surface area contributed by atoms with Crippen LogP contribution in [0.1, 0.15) is 20.7 Å². The van der Waals surface area contributed by atoms with Crippen molar-refractivity contribution in [3.63, 3.8) is 0 Å². The number of carboxylic acids is 1. The first kappa shape index (κ1) is 19.1. The lowest BCUT2D eigenvalue weighted by Gasteiger charge is -2.28. The largest absolute Gasteiger partial charge is 0.507 e. The molecule has 0 atom stereocenters. The molecule has 0 radical (unpaired) electrons. The molecular weight excluding hydrogens is 370 g/mol. The van der Waals surface area contributed by atoms with E-state index in [9.17, 15) is 24.8 Å². The summed E-state index contributed by atoms with van der Waals surface area (Å²) >= 11 is 0. The number of nitrogens with zero attached hydrogens (tertiary/aromatic N) is 2. The molecule has 0 bridgehead atoms. The van der Waals surface area contributed by atoms with Crippen LogP contribution in [0.4, 0.5) is 17.1 Å². The molecule has 2 aromatic carbocycles. The highest BCUT2D eigenvalue weighted by molar-refractivity contribution is 6.05. The zero-order valence-corrected chi connectivity index (χ0v) is 14.6. The number of carboxylic acid groups (broad SMARTS) is 1. The zero-order chi connectivity index (χ0) is 20.3. The summed E-state index contributed by atoms with van der Waals surface area (Å²) in [6.07, 6.45) is 0.